The zero-order valence-corrected chi connectivity index (χ0v) is 22.1. The van der Waals surface area contributed by atoms with Crippen molar-refractivity contribution in [2.24, 2.45) is 10.8 Å². The maximum atomic E-state index is 10.9. The highest BCUT2D eigenvalue weighted by Gasteiger charge is 2.69. The molecule has 6 rings (SSSR count). The van der Waals surface area contributed by atoms with Crippen molar-refractivity contribution in [1.82, 2.24) is 15.0 Å². The lowest BCUT2D eigenvalue weighted by Crippen LogP contribution is -2.46. The number of ether oxygens (including phenoxy) is 2. The second kappa shape index (κ2) is 8.23. The number of hydrogen-bond donors (Lipinski definition) is 3. The zero-order chi connectivity index (χ0) is 25.3. The highest BCUT2D eigenvalue weighted by Crippen LogP contribution is 2.68. The van der Waals surface area contributed by atoms with Crippen LogP contribution in [0.5, 0.6) is 5.75 Å². The quantitative estimate of drug-likeness (QED) is 0.450. The van der Waals surface area contributed by atoms with E-state index in [0.717, 1.165) is 61.8 Å². The van der Waals surface area contributed by atoms with Crippen LogP contribution in [0.2, 0.25) is 5.02 Å². The second-order valence-corrected chi connectivity index (χ2v) is 11.6. The summed E-state index contributed by atoms with van der Waals surface area (Å²) < 4.78 is 11.3. The average Bonchev–Trinajstić information content (AvgIpc) is 3.44. The van der Waals surface area contributed by atoms with Crippen LogP contribution in [0.15, 0.2) is 24.4 Å². The van der Waals surface area contributed by atoms with Crippen molar-refractivity contribution in [3.05, 3.63) is 29.4 Å². The Balaban J connectivity index is 1.39. The van der Waals surface area contributed by atoms with Crippen LogP contribution in [0.4, 0.5) is 11.4 Å². The minimum atomic E-state index is -0.353. The van der Waals surface area contributed by atoms with Crippen molar-refractivity contribution in [1.29, 1.82) is 0 Å². The molecule has 192 valence electrons. The number of morpholine rings is 1. The van der Waals surface area contributed by atoms with Gasteiger partial charge in [0.2, 0.25) is 0 Å². The standard InChI is InChI=1S/C27H34ClN5O3/c1-25(2)26(3)7-8-27(25,14-20(26)34)32-21-18(28)15-29-24-22(21)30-23(31-24)17-6-5-16(13-19(17)35-4)33-9-11-36-12-10-33/h5-6,13,15,20,34H,7-12,14H2,1-4H3,(H2,29,30,31,32). The van der Waals surface area contributed by atoms with Gasteiger partial charge in [0.05, 0.1) is 48.9 Å². The van der Waals surface area contributed by atoms with Crippen molar-refractivity contribution in [2.75, 3.05) is 43.6 Å². The molecule has 3 N–H and O–H groups in total. The van der Waals surface area contributed by atoms with Gasteiger partial charge < -0.3 is 29.8 Å². The summed E-state index contributed by atoms with van der Waals surface area (Å²) in [5, 5.41) is 15.2. The maximum absolute atomic E-state index is 10.9. The van der Waals surface area contributed by atoms with Crippen LogP contribution in [0.3, 0.4) is 0 Å². The van der Waals surface area contributed by atoms with E-state index in [-0.39, 0.29) is 22.5 Å². The van der Waals surface area contributed by atoms with Crippen LogP contribution < -0.4 is 15.0 Å². The SMILES string of the molecule is COc1cc(N2CCOCC2)ccc1-c1nc2c(NC34CCC(C)(C(O)C3)C4(C)C)c(Cl)cnc2[nH]1. The van der Waals surface area contributed by atoms with Crippen LogP contribution in [-0.4, -0.2) is 65.1 Å². The topological polar surface area (TPSA) is 95.5 Å². The number of halogens is 1. The fraction of sp³-hybridized carbons (Fsp3) is 0.556. The third-order valence-corrected chi connectivity index (χ3v) is 9.91. The molecule has 1 aliphatic heterocycles. The molecule has 3 aliphatic rings. The normalized spacial score (nSPS) is 29.2. The summed E-state index contributed by atoms with van der Waals surface area (Å²) in [5.41, 5.74) is 3.55. The number of rotatable bonds is 5. The number of methoxy groups -OCH3 is 1. The number of hydrogen-bond acceptors (Lipinski definition) is 7. The Kier molecular flexibility index (Phi) is 5.45. The summed E-state index contributed by atoms with van der Waals surface area (Å²) in [4.78, 5) is 15.2. The largest absolute Gasteiger partial charge is 0.496 e. The van der Waals surface area contributed by atoms with E-state index in [2.05, 4.69) is 47.0 Å². The van der Waals surface area contributed by atoms with Gasteiger partial charge in [0.15, 0.2) is 5.65 Å². The third kappa shape index (κ3) is 3.27. The first-order chi connectivity index (χ1) is 17.2. The Labute approximate surface area is 216 Å². The minimum Gasteiger partial charge on any atom is -0.496 e. The molecule has 1 aromatic carbocycles. The molecule has 3 heterocycles. The zero-order valence-electron chi connectivity index (χ0n) is 21.3. The summed E-state index contributed by atoms with van der Waals surface area (Å²) in [6, 6.07) is 6.18. The van der Waals surface area contributed by atoms with Crippen LogP contribution in [0, 0.1) is 10.8 Å². The van der Waals surface area contributed by atoms with Gasteiger partial charge in [-0.1, -0.05) is 32.4 Å². The number of fused-ring (bicyclic) bond motifs is 3. The molecule has 2 aromatic heterocycles. The Bertz CT molecular complexity index is 1320. The molecule has 0 radical (unpaired) electrons. The van der Waals surface area contributed by atoms with E-state index in [1.54, 1.807) is 13.3 Å². The predicted octanol–water partition coefficient (Wildman–Crippen LogP) is 4.87. The van der Waals surface area contributed by atoms with E-state index in [1.165, 1.54) is 0 Å². The van der Waals surface area contributed by atoms with E-state index < -0.39 is 0 Å². The van der Waals surface area contributed by atoms with Gasteiger partial charge in [-0.3, -0.25) is 0 Å². The van der Waals surface area contributed by atoms with E-state index in [1.807, 2.05) is 12.1 Å². The molecule has 3 aromatic rings. The molecular formula is C27H34ClN5O3. The summed E-state index contributed by atoms with van der Waals surface area (Å²) >= 11 is 6.72. The van der Waals surface area contributed by atoms with Crippen molar-refractivity contribution in [3.63, 3.8) is 0 Å². The Morgan fingerprint density at radius 3 is 2.67 bits per heavy atom. The van der Waals surface area contributed by atoms with Crippen LogP contribution in [0.25, 0.3) is 22.6 Å². The third-order valence-electron chi connectivity index (χ3n) is 9.62. The van der Waals surface area contributed by atoms with E-state index >= 15 is 0 Å². The molecule has 8 nitrogen and oxygen atoms in total. The summed E-state index contributed by atoms with van der Waals surface area (Å²) in [6.45, 7) is 9.89. The predicted molar refractivity (Wildman–Crippen MR) is 142 cm³/mol. The number of aromatic nitrogens is 3. The molecule has 0 amide bonds. The van der Waals surface area contributed by atoms with Gasteiger partial charge in [-0.15, -0.1) is 0 Å². The molecule has 3 unspecified atom stereocenters. The average molecular weight is 512 g/mol. The molecule has 9 heteroatoms. The summed E-state index contributed by atoms with van der Waals surface area (Å²) in [7, 11) is 1.68. The van der Waals surface area contributed by atoms with Gasteiger partial charge >= 0.3 is 0 Å². The monoisotopic (exact) mass is 511 g/mol. The lowest BCUT2D eigenvalue weighted by molar-refractivity contribution is 0.0125. The number of H-pyrrole nitrogens is 1. The van der Waals surface area contributed by atoms with Gasteiger partial charge in [0.1, 0.15) is 17.1 Å². The molecular weight excluding hydrogens is 478 g/mol. The number of benzene rings is 1. The first-order valence-electron chi connectivity index (χ1n) is 12.7. The molecule has 2 saturated carbocycles. The maximum Gasteiger partial charge on any atom is 0.159 e. The first-order valence-corrected chi connectivity index (χ1v) is 13.1. The first kappa shape index (κ1) is 23.8. The molecule has 36 heavy (non-hydrogen) atoms. The Morgan fingerprint density at radius 1 is 1.22 bits per heavy atom. The van der Waals surface area contributed by atoms with Crippen molar-refractivity contribution >= 4 is 34.1 Å². The number of imidazole rings is 1. The lowest BCUT2D eigenvalue weighted by Gasteiger charge is -2.42. The van der Waals surface area contributed by atoms with Gasteiger partial charge in [0.25, 0.3) is 0 Å². The van der Waals surface area contributed by atoms with E-state index in [9.17, 15) is 5.11 Å². The lowest BCUT2D eigenvalue weighted by atomic mass is 9.68. The number of pyridine rings is 1. The molecule has 2 aliphatic carbocycles. The molecule has 1 saturated heterocycles. The van der Waals surface area contributed by atoms with E-state index in [4.69, 9.17) is 26.1 Å². The van der Waals surface area contributed by atoms with Crippen LogP contribution in [-0.2, 0) is 4.74 Å². The number of aliphatic hydroxyl groups excluding tert-OH is 1. The fourth-order valence-electron chi connectivity index (χ4n) is 6.72. The fourth-order valence-corrected chi connectivity index (χ4v) is 6.91. The van der Waals surface area contributed by atoms with Gasteiger partial charge in [-0.05, 0) is 36.8 Å². The molecule has 2 bridgehead atoms. The summed E-state index contributed by atoms with van der Waals surface area (Å²) in [5.74, 6) is 1.41. The number of nitrogens with one attached hydrogen (secondary N) is 2. The molecule has 0 spiro atoms. The van der Waals surface area contributed by atoms with Crippen molar-refractivity contribution < 1.29 is 14.6 Å². The smallest absolute Gasteiger partial charge is 0.159 e. The number of aromatic amines is 1. The van der Waals surface area contributed by atoms with E-state index in [0.29, 0.717) is 28.4 Å². The van der Waals surface area contributed by atoms with Crippen LogP contribution in [0.1, 0.15) is 40.0 Å². The Morgan fingerprint density at radius 2 is 2.00 bits per heavy atom. The second-order valence-electron chi connectivity index (χ2n) is 11.2. The Hall–Kier alpha value is -2.55. The van der Waals surface area contributed by atoms with Gasteiger partial charge in [0, 0.05) is 35.8 Å². The van der Waals surface area contributed by atoms with Crippen molar-refractivity contribution in [2.45, 2.75) is 51.7 Å². The van der Waals surface area contributed by atoms with Crippen molar-refractivity contribution in [3.8, 4) is 17.1 Å². The molecule has 3 atom stereocenters. The summed E-state index contributed by atoms with van der Waals surface area (Å²) in [6.07, 6.45) is 3.94. The van der Waals surface area contributed by atoms with Gasteiger partial charge in [-0.2, -0.15) is 0 Å². The highest BCUT2D eigenvalue weighted by atomic mass is 35.5. The number of nitrogens with zero attached hydrogens (tertiary/aromatic N) is 3. The minimum absolute atomic E-state index is 0.115. The van der Waals surface area contributed by atoms with Gasteiger partial charge in [-0.25, -0.2) is 9.97 Å². The highest BCUT2D eigenvalue weighted by molar-refractivity contribution is 6.34. The van der Waals surface area contributed by atoms with Crippen LogP contribution >= 0.6 is 11.6 Å². The number of aliphatic hydroxyl groups is 1. The molecule has 3 fully saturated rings. The number of anilines is 2.